The molecule has 94 valence electrons. The van der Waals surface area contributed by atoms with Crippen LogP contribution in [-0.4, -0.2) is 48.3 Å². The lowest BCUT2D eigenvalue weighted by molar-refractivity contribution is 0.0469. The first-order valence-electron chi connectivity index (χ1n) is 5.58. The monoisotopic (exact) mass is 255 g/mol. The maximum atomic E-state index is 5.78. The third kappa shape index (κ3) is 2.88. The number of rotatable bonds is 4. The molecule has 0 radical (unpaired) electrons. The van der Waals surface area contributed by atoms with Crippen molar-refractivity contribution in [2.45, 2.75) is 12.1 Å². The number of aromatic nitrogens is 2. The molecule has 1 N–H and O–H groups in total. The van der Waals surface area contributed by atoms with E-state index >= 15 is 0 Å². The van der Waals surface area contributed by atoms with Gasteiger partial charge < -0.3 is 14.8 Å². The maximum Gasteiger partial charge on any atom is 0.237 e. The third-order valence-electron chi connectivity index (χ3n) is 2.70. The first-order chi connectivity index (χ1) is 8.36. The van der Waals surface area contributed by atoms with Crippen LogP contribution in [0.1, 0.15) is 11.7 Å². The molecule has 0 aliphatic carbocycles. The average molecular weight is 255 g/mol. The van der Waals surface area contributed by atoms with Gasteiger partial charge in [0.1, 0.15) is 5.69 Å². The van der Waals surface area contributed by atoms with Gasteiger partial charge in [0.25, 0.3) is 0 Å². The van der Waals surface area contributed by atoms with Crippen molar-refractivity contribution >= 4 is 11.8 Å². The highest BCUT2D eigenvalue weighted by molar-refractivity contribution is 7.99. The lowest BCUT2D eigenvalue weighted by Crippen LogP contribution is -2.37. The van der Waals surface area contributed by atoms with Gasteiger partial charge in [-0.15, -0.1) is 0 Å². The summed E-state index contributed by atoms with van der Waals surface area (Å²) in [4.78, 5) is 8.53. The zero-order valence-corrected chi connectivity index (χ0v) is 10.9. The smallest absolute Gasteiger partial charge is 0.237 e. The Bertz CT molecular complexity index is 358. The summed E-state index contributed by atoms with van der Waals surface area (Å²) >= 11 is 1.90. The fraction of sp³-hybridized carbons (Fsp3) is 0.636. The van der Waals surface area contributed by atoms with E-state index in [1.807, 2.05) is 18.8 Å². The van der Waals surface area contributed by atoms with Gasteiger partial charge in [-0.05, 0) is 7.05 Å². The van der Waals surface area contributed by atoms with Gasteiger partial charge in [-0.1, -0.05) is 0 Å². The van der Waals surface area contributed by atoms with Crippen LogP contribution >= 0.6 is 11.8 Å². The van der Waals surface area contributed by atoms with Crippen molar-refractivity contribution in [3.63, 3.8) is 0 Å². The number of nitrogens with zero attached hydrogens (tertiary/aromatic N) is 2. The summed E-state index contributed by atoms with van der Waals surface area (Å²) in [5.41, 5.74) is 0.810. The predicted octanol–water partition coefficient (Wildman–Crippen LogP) is 0.878. The molecule has 0 saturated carbocycles. The molecule has 1 saturated heterocycles. The minimum atomic E-state index is 0.0199. The number of nitrogens with one attached hydrogen (secondary N) is 1. The van der Waals surface area contributed by atoms with Crippen LogP contribution in [-0.2, 0) is 4.74 Å². The number of methoxy groups -OCH3 is 1. The molecule has 1 fully saturated rings. The molecule has 0 bridgehead atoms. The Morgan fingerprint density at radius 2 is 2.35 bits per heavy atom. The summed E-state index contributed by atoms with van der Waals surface area (Å²) in [5.74, 6) is 2.58. The Kier molecular flexibility index (Phi) is 4.58. The minimum absolute atomic E-state index is 0.0199. The van der Waals surface area contributed by atoms with Gasteiger partial charge in [-0.2, -0.15) is 11.8 Å². The van der Waals surface area contributed by atoms with Crippen molar-refractivity contribution < 1.29 is 9.47 Å². The van der Waals surface area contributed by atoms with Gasteiger partial charge in [0.15, 0.2) is 0 Å². The zero-order chi connectivity index (χ0) is 12.1. The summed E-state index contributed by atoms with van der Waals surface area (Å²) < 4.78 is 11.0. The highest BCUT2D eigenvalue weighted by Gasteiger charge is 2.28. The molecular formula is C11H17N3O2S. The Morgan fingerprint density at radius 3 is 3.00 bits per heavy atom. The van der Waals surface area contributed by atoms with E-state index in [0.717, 1.165) is 23.8 Å². The first-order valence-corrected chi connectivity index (χ1v) is 6.73. The second kappa shape index (κ2) is 6.18. The molecule has 1 aromatic rings. The van der Waals surface area contributed by atoms with Crippen molar-refractivity contribution in [1.29, 1.82) is 0 Å². The van der Waals surface area contributed by atoms with Gasteiger partial charge >= 0.3 is 0 Å². The van der Waals surface area contributed by atoms with Crippen LogP contribution in [0.5, 0.6) is 5.88 Å². The summed E-state index contributed by atoms with van der Waals surface area (Å²) in [7, 11) is 3.51. The van der Waals surface area contributed by atoms with Gasteiger partial charge in [0.05, 0.1) is 25.9 Å². The summed E-state index contributed by atoms with van der Waals surface area (Å²) in [6.45, 7) is 0.788. The first kappa shape index (κ1) is 12.6. The molecule has 0 aromatic carbocycles. The van der Waals surface area contributed by atoms with Gasteiger partial charge in [-0.3, -0.25) is 4.98 Å². The molecule has 2 heterocycles. The van der Waals surface area contributed by atoms with E-state index in [2.05, 4.69) is 15.3 Å². The average Bonchev–Trinajstić information content (AvgIpc) is 2.41. The van der Waals surface area contributed by atoms with Gasteiger partial charge in [0, 0.05) is 23.9 Å². The van der Waals surface area contributed by atoms with Gasteiger partial charge in [0.2, 0.25) is 5.88 Å². The fourth-order valence-corrected chi connectivity index (χ4v) is 2.81. The second-order valence-electron chi connectivity index (χ2n) is 3.70. The summed E-state index contributed by atoms with van der Waals surface area (Å²) in [6, 6.07) is 0.0199. The van der Waals surface area contributed by atoms with Crippen LogP contribution in [0.15, 0.2) is 12.4 Å². The van der Waals surface area contributed by atoms with E-state index in [0.29, 0.717) is 5.88 Å². The lowest BCUT2D eigenvalue weighted by Gasteiger charge is -2.29. The van der Waals surface area contributed by atoms with Crippen LogP contribution in [0.2, 0.25) is 0 Å². The predicted molar refractivity (Wildman–Crippen MR) is 67.4 cm³/mol. The number of hydrogen-bond acceptors (Lipinski definition) is 6. The van der Waals surface area contributed by atoms with E-state index in [-0.39, 0.29) is 12.1 Å². The van der Waals surface area contributed by atoms with Crippen LogP contribution < -0.4 is 10.1 Å². The molecule has 17 heavy (non-hydrogen) atoms. The minimum Gasteiger partial charge on any atom is -0.480 e. The van der Waals surface area contributed by atoms with Crippen LogP contribution in [0.4, 0.5) is 0 Å². The molecule has 2 rings (SSSR count). The van der Waals surface area contributed by atoms with E-state index in [1.165, 1.54) is 0 Å². The highest BCUT2D eigenvalue weighted by atomic mass is 32.2. The normalized spacial score (nSPS) is 22.1. The molecule has 2 atom stereocenters. The molecule has 5 nitrogen and oxygen atoms in total. The molecule has 1 aromatic heterocycles. The molecule has 6 heteroatoms. The second-order valence-corrected chi connectivity index (χ2v) is 4.85. The quantitative estimate of drug-likeness (QED) is 0.862. The summed E-state index contributed by atoms with van der Waals surface area (Å²) in [6.07, 6.45) is 3.42. The summed E-state index contributed by atoms with van der Waals surface area (Å²) in [5, 5.41) is 3.24. The number of ether oxygens (including phenoxy) is 2. The fourth-order valence-electron chi connectivity index (χ4n) is 1.90. The molecular weight excluding hydrogens is 238 g/mol. The number of likely N-dealkylation sites (N-methyl/N-ethyl adjacent to an activating group) is 1. The van der Waals surface area contributed by atoms with Crippen molar-refractivity contribution in [2.24, 2.45) is 0 Å². The van der Waals surface area contributed by atoms with Crippen LogP contribution in [0.25, 0.3) is 0 Å². The standard InChI is InChI=1S/C11H17N3O2S/c1-12-9(8-7-17-6-5-16-8)10-11(15-2)14-4-3-13-10/h3-4,8-9,12H,5-7H2,1-2H3. The van der Waals surface area contributed by atoms with E-state index < -0.39 is 0 Å². The van der Waals surface area contributed by atoms with Gasteiger partial charge in [-0.25, -0.2) is 4.98 Å². The molecule has 2 unspecified atom stereocenters. The zero-order valence-electron chi connectivity index (χ0n) is 10.0. The van der Waals surface area contributed by atoms with E-state index in [1.54, 1.807) is 19.5 Å². The Balaban J connectivity index is 2.21. The van der Waals surface area contributed by atoms with Crippen molar-refractivity contribution in [3.05, 3.63) is 18.1 Å². The van der Waals surface area contributed by atoms with Crippen LogP contribution in [0.3, 0.4) is 0 Å². The molecule has 0 spiro atoms. The Morgan fingerprint density at radius 1 is 1.53 bits per heavy atom. The molecule has 0 amide bonds. The van der Waals surface area contributed by atoms with Crippen molar-refractivity contribution in [2.75, 3.05) is 32.3 Å². The number of thioether (sulfide) groups is 1. The largest absolute Gasteiger partial charge is 0.480 e. The van der Waals surface area contributed by atoms with E-state index in [9.17, 15) is 0 Å². The number of hydrogen-bond donors (Lipinski definition) is 1. The maximum absolute atomic E-state index is 5.78. The third-order valence-corrected chi connectivity index (χ3v) is 3.72. The Labute approximate surface area is 105 Å². The van der Waals surface area contributed by atoms with Crippen molar-refractivity contribution in [1.82, 2.24) is 15.3 Å². The van der Waals surface area contributed by atoms with Crippen LogP contribution in [0, 0.1) is 0 Å². The molecule has 1 aliphatic heterocycles. The highest BCUT2D eigenvalue weighted by Crippen LogP contribution is 2.28. The van der Waals surface area contributed by atoms with E-state index in [4.69, 9.17) is 9.47 Å². The Hall–Kier alpha value is -0.850. The SMILES string of the molecule is CNC(c1nccnc1OC)C1CSCCO1. The topological polar surface area (TPSA) is 56.3 Å². The van der Waals surface area contributed by atoms with Crippen molar-refractivity contribution in [3.8, 4) is 5.88 Å². The lowest BCUT2D eigenvalue weighted by atomic mass is 10.1. The molecule has 1 aliphatic rings.